The van der Waals surface area contributed by atoms with E-state index in [1.54, 1.807) is 0 Å². The van der Waals surface area contributed by atoms with Crippen LogP contribution in [-0.2, 0) is 6.54 Å². The van der Waals surface area contributed by atoms with Gasteiger partial charge >= 0.3 is 0 Å². The molecular formula is C21H24N6O2. The zero-order chi connectivity index (χ0) is 19.8. The van der Waals surface area contributed by atoms with E-state index in [2.05, 4.69) is 19.8 Å². The summed E-state index contributed by atoms with van der Waals surface area (Å²) in [7, 11) is 0. The molecule has 1 saturated carbocycles. The lowest BCUT2D eigenvalue weighted by atomic mass is 10.2. The van der Waals surface area contributed by atoms with Crippen molar-refractivity contribution in [2.75, 3.05) is 42.6 Å². The van der Waals surface area contributed by atoms with Crippen LogP contribution in [0.5, 0.6) is 0 Å². The lowest BCUT2D eigenvalue weighted by Crippen LogP contribution is -2.46. The summed E-state index contributed by atoms with van der Waals surface area (Å²) in [6.07, 6.45) is 5.80. The van der Waals surface area contributed by atoms with Gasteiger partial charge in [0.15, 0.2) is 0 Å². The highest BCUT2D eigenvalue weighted by atomic mass is 16.3. The van der Waals surface area contributed by atoms with Crippen LogP contribution in [-0.4, -0.2) is 57.4 Å². The van der Waals surface area contributed by atoms with Crippen molar-refractivity contribution in [2.24, 2.45) is 0 Å². The molecule has 1 aliphatic heterocycles. The molecule has 3 heterocycles. The predicted octanol–water partition coefficient (Wildman–Crippen LogP) is 1.38. The number of aliphatic hydroxyl groups is 1. The van der Waals surface area contributed by atoms with Crippen molar-refractivity contribution in [3.8, 4) is 0 Å². The zero-order valence-corrected chi connectivity index (χ0v) is 16.2. The van der Waals surface area contributed by atoms with Gasteiger partial charge in [-0.05, 0) is 37.1 Å². The summed E-state index contributed by atoms with van der Waals surface area (Å²) < 4.78 is 1.44. The van der Waals surface area contributed by atoms with Crippen molar-refractivity contribution in [3.63, 3.8) is 0 Å². The van der Waals surface area contributed by atoms with Gasteiger partial charge in [-0.3, -0.25) is 9.36 Å². The average Bonchev–Trinajstić information content (AvgIpc) is 3.61. The summed E-state index contributed by atoms with van der Waals surface area (Å²) in [4.78, 5) is 30.7. The second-order valence-electron chi connectivity index (χ2n) is 7.69. The lowest BCUT2D eigenvalue weighted by molar-refractivity contribution is 0.274. The molecule has 0 bridgehead atoms. The molecule has 2 aromatic heterocycles. The van der Waals surface area contributed by atoms with E-state index in [9.17, 15) is 4.79 Å². The Morgan fingerprint density at radius 3 is 2.59 bits per heavy atom. The number of piperazine rings is 1. The molecule has 1 N–H and O–H groups in total. The zero-order valence-electron chi connectivity index (χ0n) is 16.2. The van der Waals surface area contributed by atoms with Crippen molar-refractivity contribution in [1.29, 1.82) is 0 Å². The summed E-state index contributed by atoms with van der Waals surface area (Å²) in [5.41, 5.74) is 1.65. The van der Waals surface area contributed by atoms with Crippen LogP contribution < -0.4 is 15.4 Å². The molecule has 8 heteroatoms. The predicted molar refractivity (Wildman–Crippen MR) is 112 cm³/mol. The van der Waals surface area contributed by atoms with Crippen molar-refractivity contribution in [3.05, 3.63) is 53.0 Å². The van der Waals surface area contributed by atoms with Gasteiger partial charge in [0.25, 0.3) is 5.56 Å². The van der Waals surface area contributed by atoms with Gasteiger partial charge in [-0.1, -0.05) is 0 Å². The maximum atomic E-state index is 12.5. The van der Waals surface area contributed by atoms with Crippen LogP contribution in [0.3, 0.4) is 0 Å². The summed E-state index contributed by atoms with van der Waals surface area (Å²) >= 11 is 0. The van der Waals surface area contributed by atoms with E-state index in [4.69, 9.17) is 10.1 Å². The second-order valence-corrected chi connectivity index (χ2v) is 7.69. The van der Waals surface area contributed by atoms with E-state index < -0.39 is 0 Å². The molecule has 29 heavy (non-hydrogen) atoms. The quantitative estimate of drug-likeness (QED) is 0.702. The average molecular weight is 392 g/mol. The minimum absolute atomic E-state index is 0.0794. The van der Waals surface area contributed by atoms with Crippen LogP contribution in [0, 0.1) is 0 Å². The molecule has 2 aliphatic rings. The van der Waals surface area contributed by atoms with E-state index in [-0.39, 0.29) is 18.7 Å². The molecule has 2 fully saturated rings. The number of hydrogen-bond acceptors (Lipinski definition) is 7. The molecule has 0 unspecified atom stereocenters. The summed E-state index contributed by atoms with van der Waals surface area (Å²) in [5.74, 6) is 2.56. The van der Waals surface area contributed by atoms with Crippen LogP contribution in [0.1, 0.15) is 24.6 Å². The highest BCUT2D eigenvalue weighted by Crippen LogP contribution is 2.38. The Labute approximate surface area is 168 Å². The van der Waals surface area contributed by atoms with Crippen LogP contribution in [0.25, 0.3) is 10.9 Å². The minimum Gasteiger partial charge on any atom is -0.395 e. The molecule has 0 amide bonds. The smallest absolute Gasteiger partial charge is 0.261 e. The Morgan fingerprint density at radius 1 is 1.03 bits per heavy atom. The van der Waals surface area contributed by atoms with Gasteiger partial charge < -0.3 is 14.9 Å². The third kappa shape index (κ3) is 3.55. The van der Waals surface area contributed by atoms with Gasteiger partial charge in [0.1, 0.15) is 11.6 Å². The SMILES string of the molecule is O=c1c2ccc(N3CCN(c4ccnc(C5CC5)n4)CC3)cc2ncn1CCO. The number of nitrogens with zero attached hydrogens (tertiary/aromatic N) is 6. The highest BCUT2D eigenvalue weighted by Gasteiger charge is 2.27. The lowest BCUT2D eigenvalue weighted by Gasteiger charge is -2.36. The summed E-state index contributed by atoms with van der Waals surface area (Å²) in [6, 6.07) is 7.80. The molecule has 1 aliphatic carbocycles. The number of anilines is 2. The fourth-order valence-corrected chi connectivity index (χ4v) is 3.88. The number of hydrogen-bond donors (Lipinski definition) is 1. The number of benzene rings is 1. The third-order valence-corrected chi connectivity index (χ3v) is 5.72. The Hall–Kier alpha value is -3.00. The van der Waals surface area contributed by atoms with Crippen molar-refractivity contribution < 1.29 is 5.11 Å². The fraction of sp³-hybridized carbons (Fsp3) is 0.429. The molecule has 0 radical (unpaired) electrons. The van der Waals surface area contributed by atoms with E-state index >= 15 is 0 Å². The van der Waals surface area contributed by atoms with Gasteiger partial charge in [-0.15, -0.1) is 0 Å². The Balaban J connectivity index is 1.31. The van der Waals surface area contributed by atoms with Crippen LogP contribution in [0.4, 0.5) is 11.5 Å². The first kappa shape index (κ1) is 18.1. The van der Waals surface area contributed by atoms with Gasteiger partial charge in [0.2, 0.25) is 0 Å². The fourth-order valence-electron chi connectivity index (χ4n) is 3.88. The topological polar surface area (TPSA) is 87.4 Å². The molecule has 1 aromatic carbocycles. The van der Waals surface area contributed by atoms with Gasteiger partial charge in [0.05, 0.1) is 30.4 Å². The molecule has 150 valence electrons. The number of rotatable bonds is 5. The molecule has 1 saturated heterocycles. The first-order valence-corrected chi connectivity index (χ1v) is 10.2. The number of fused-ring (bicyclic) bond motifs is 1. The second kappa shape index (κ2) is 7.44. The first-order chi connectivity index (χ1) is 14.2. The van der Waals surface area contributed by atoms with E-state index in [1.807, 2.05) is 30.5 Å². The van der Waals surface area contributed by atoms with Gasteiger partial charge in [0, 0.05) is 44.0 Å². The van der Waals surface area contributed by atoms with Crippen molar-refractivity contribution in [2.45, 2.75) is 25.3 Å². The van der Waals surface area contributed by atoms with Crippen molar-refractivity contribution >= 4 is 22.4 Å². The van der Waals surface area contributed by atoms with Gasteiger partial charge in [-0.25, -0.2) is 15.0 Å². The van der Waals surface area contributed by atoms with E-state index in [1.165, 1.54) is 23.7 Å². The monoisotopic (exact) mass is 392 g/mol. The normalized spacial score (nSPS) is 17.1. The Bertz CT molecular complexity index is 1090. The largest absolute Gasteiger partial charge is 0.395 e. The van der Waals surface area contributed by atoms with Crippen LogP contribution in [0.15, 0.2) is 41.6 Å². The molecule has 0 spiro atoms. The van der Waals surface area contributed by atoms with Gasteiger partial charge in [-0.2, -0.15) is 0 Å². The Kier molecular flexibility index (Phi) is 4.63. The third-order valence-electron chi connectivity index (χ3n) is 5.72. The maximum Gasteiger partial charge on any atom is 0.261 e. The maximum absolute atomic E-state index is 12.5. The minimum atomic E-state index is -0.115. The highest BCUT2D eigenvalue weighted by molar-refractivity contribution is 5.81. The molecule has 5 rings (SSSR count). The number of aromatic nitrogens is 4. The van der Waals surface area contributed by atoms with E-state index in [0.717, 1.165) is 43.5 Å². The first-order valence-electron chi connectivity index (χ1n) is 10.2. The Morgan fingerprint density at radius 2 is 1.83 bits per heavy atom. The molecule has 8 nitrogen and oxygen atoms in total. The molecule has 3 aromatic rings. The molecule has 0 atom stereocenters. The number of aliphatic hydroxyl groups excluding tert-OH is 1. The van der Waals surface area contributed by atoms with E-state index in [0.29, 0.717) is 16.8 Å². The molecular weight excluding hydrogens is 368 g/mol. The van der Waals surface area contributed by atoms with Crippen LogP contribution >= 0.6 is 0 Å². The summed E-state index contributed by atoms with van der Waals surface area (Å²) in [6.45, 7) is 3.74. The van der Waals surface area contributed by atoms with Crippen molar-refractivity contribution in [1.82, 2.24) is 19.5 Å². The summed E-state index contributed by atoms with van der Waals surface area (Å²) in [5, 5.41) is 9.65. The standard InChI is InChI=1S/C21H24N6O2/c28-12-11-27-14-23-18-13-16(3-4-17(18)21(27)29)25-7-9-26(10-8-25)19-5-6-22-20(24-19)15-1-2-15/h3-6,13-15,28H,1-2,7-12H2. The van der Waals surface area contributed by atoms with Crippen LogP contribution in [0.2, 0.25) is 0 Å².